The number of hydrogen-bond donors (Lipinski definition) is 0. The molecule has 2 rings (SSSR count). The molecule has 0 aliphatic heterocycles. The highest BCUT2D eigenvalue weighted by atomic mass is 14.2. The lowest BCUT2D eigenvalue weighted by Crippen LogP contribution is -1.74. The lowest BCUT2D eigenvalue weighted by molar-refractivity contribution is 0.932. The van der Waals surface area contributed by atoms with Crippen molar-refractivity contribution in [2.45, 2.75) is 33.1 Å². The summed E-state index contributed by atoms with van der Waals surface area (Å²) in [7, 11) is 0. The first-order chi connectivity index (χ1) is 5.97. The van der Waals surface area contributed by atoms with Gasteiger partial charge in [0.15, 0.2) is 0 Å². The quantitative estimate of drug-likeness (QED) is 0.473. The van der Waals surface area contributed by atoms with Gasteiger partial charge in [-0.2, -0.15) is 0 Å². The molecule has 0 unspecified atom stereocenters. The van der Waals surface area contributed by atoms with E-state index in [4.69, 9.17) is 0 Å². The Hall–Kier alpha value is -1.00. The maximum Gasteiger partial charge on any atom is -0.0197 e. The van der Waals surface area contributed by atoms with Gasteiger partial charge in [0, 0.05) is 0 Å². The molecule has 0 aromatic heterocycles. The van der Waals surface area contributed by atoms with Gasteiger partial charge in [0.1, 0.15) is 0 Å². The van der Waals surface area contributed by atoms with Crippen molar-refractivity contribution in [2.75, 3.05) is 0 Å². The predicted octanol–water partition coefficient (Wildman–Crippen LogP) is 3.77. The average Bonchev–Trinajstić information content (AvgIpc) is 2.46. The summed E-state index contributed by atoms with van der Waals surface area (Å²) in [5, 5.41) is 0. The van der Waals surface area contributed by atoms with E-state index in [1.807, 2.05) is 26.0 Å². The van der Waals surface area contributed by atoms with Gasteiger partial charge in [0.2, 0.25) is 0 Å². The van der Waals surface area contributed by atoms with Crippen LogP contribution < -0.4 is 0 Å². The van der Waals surface area contributed by atoms with Gasteiger partial charge in [0.25, 0.3) is 0 Å². The molecule has 64 valence electrons. The van der Waals surface area contributed by atoms with Crippen LogP contribution in [0.2, 0.25) is 0 Å². The second-order valence-electron chi connectivity index (χ2n) is 2.74. The minimum atomic E-state index is 1.26. The molecule has 12 heavy (non-hydrogen) atoms. The fourth-order valence-electron chi connectivity index (χ4n) is 1.52. The Balaban J connectivity index is 0.000000336. The van der Waals surface area contributed by atoms with Crippen molar-refractivity contribution < 1.29 is 0 Å². The Morgan fingerprint density at radius 2 is 1.50 bits per heavy atom. The Morgan fingerprint density at radius 3 is 2.00 bits per heavy atom. The number of hydrogen-bond acceptors (Lipinski definition) is 0. The minimum absolute atomic E-state index is 1.26. The Morgan fingerprint density at radius 1 is 1.00 bits per heavy atom. The summed E-state index contributed by atoms with van der Waals surface area (Å²) in [6, 6.07) is 0. The summed E-state index contributed by atoms with van der Waals surface area (Å²) in [5.74, 6) is 0. The number of fused-ring (bicyclic) bond motifs is 1. The van der Waals surface area contributed by atoms with Gasteiger partial charge in [-0.25, -0.2) is 0 Å². The number of rotatable bonds is 0. The average molecular weight is 160 g/mol. The molecule has 0 saturated heterocycles. The van der Waals surface area contributed by atoms with E-state index in [9.17, 15) is 0 Å². The summed E-state index contributed by atoms with van der Waals surface area (Å²) >= 11 is 0. The summed E-state index contributed by atoms with van der Waals surface area (Å²) in [6.07, 6.45) is 12.2. The third-order valence-corrected chi connectivity index (χ3v) is 2.07. The zero-order valence-electron chi connectivity index (χ0n) is 7.93. The van der Waals surface area contributed by atoms with Crippen molar-refractivity contribution >= 4 is 0 Å². The zero-order valence-corrected chi connectivity index (χ0v) is 7.93. The molecule has 0 heterocycles. The first-order valence-electron chi connectivity index (χ1n) is 4.78. The van der Waals surface area contributed by atoms with E-state index in [0.29, 0.717) is 0 Å². The molecule has 0 nitrogen and oxygen atoms in total. The van der Waals surface area contributed by atoms with Crippen molar-refractivity contribution in [3.63, 3.8) is 0 Å². The van der Waals surface area contributed by atoms with Crippen molar-refractivity contribution in [2.24, 2.45) is 0 Å². The van der Waals surface area contributed by atoms with Gasteiger partial charge < -0.3 is 0 Å². The maximum absolute atomic E-state index is 3.07. The summed E-state index contributed by atoms with van der Waals surface area (Å²) in [4.78, 5) is 0. The maximum atomic E-state index is 3.07. The molecule has 0 N–H and O–H groups in total. The standard InChI is InChI=1S/C10H10.C2H6/c1-2-5-9-7-4-8-10(9)6-3-1;1-2/h2-3,5-6H,4,7-8H2;1-2H3. The Labute approximate surface area is 75.0 Å². The van der Waals surface area contributed by atoms with Gasteiger partial charge in [0.05, 0.1) is 0 Å². The van der Waals surface area contributed by atoms with Crippen LogP contribution in [0.15, 0.2) is 41.2 Å². The topological polar surface area (TPSA) is 0 Å². The van der Waals surface area contributed by atoms with E-state index in [0.717, 1.165) is 0 Å². The summed E-state index contributed by atoms with van der Waals surface area (Å²) in [6.45, 7) is 4.00. The first-order valence-corrected chi connectivity index (χ1v) is 4.78. The predicted molar refractivity (Wildman–Crippen MR) is 54.0 cm³/mol. The highest BCUT2D eigenvalue weighted by Crippen LogP contribution is 2.30. The van der Waals surface area contributed by atoms with Crippen molar-refractivity contribution in [3.8, 4) is 0 Å². The van der Waals surface area contributed by atoms with Crippen LogP contribution >= 0.6 is 0 Å². The molecule has 0 aromatic carbocycles. The van der Waals surface area contributed by atoms with Crippen molar-refractivity contribution in [1.82, 2.24) is 0 Å². The van der Waals surface area contributed by atoms with Crippen LogP contribution in [0.1, 0.15) is 33.1 Å². The SMILES string of the molecule is C1=CC=C2CCCC2=CC=1.CC. The molecule has 0 atom stereocenters. The minimum Gasteiger partial charge on any atom is -0.121 e. The lowest BCUT2D eigenvalue weighted by atomic mass is 10.1. The fraction of sp³-hybridized carbons (Fsp3) is 0.417. The van der Waals surface area contributed by atoms with Crippen LogP contribution in [0.3, 0.4) is 0 Å². The molecule has 0 aromatic rings. The van der Waals surface area contributed by atoms with Gasteiger partial charge in [-0.1, -0.05) is 26.0 Å². The van der Waals surface area contributed by atoms with Gasteiger partial charge in [-0.15, -0.1) is 5.73 Å². The molecule has 1 fully saturated rings. The molecular weight excluding hydrogens is 144 g/mol. The van der Waals surface area contributed by atoms with Crippen LogP contribution in [0, 0.1) is 0 Å². The fourth-order valence-corrected chi connectivity index (χ4v) is 1.52. The number of allylic oxidation sites excluding steroid dienone is 5. The molecule has 2 aliphatic carbocycles. The zero-order chi connectivity index (χ0) is 8.81. The smallest absolute Gasteiger partial charge is 0.0197 e. The van der Waals surface area contributed by atoms with E-state index in [1.165, 1.54) is 30.4 Å². The van der Waals surface area contributed by atoms with Gasteiger partial charge in [-0.05, 0) is 42.6 Å². The Bertz CT molecular complexity index is 234. The molecule has 0 bridgehead atoms. The molecule has 0 amide bonds. The summed E-state index contributed by atoms with van der Waals surface area (Å²) < 4.78 is 0. The van der Waals surface area contributed by atoms with Crippen molar-refractivity contribution in [1.29, 1.82) is 0 Å². The Kier molecular flexibility index (Phi) is 3.63. The normalized spacial score (nSPS) is 18.5. The van der Waals surface area contributed by atoms with Crippen LogP contribution in [0.4, 0.5) is 0 Å². The van der Waals surface area contributed by atoms with Crippen molar-refractivity contribution in [3.05, 3.63) is 41.2 Å². The second-order valence-corrected chi connectivity index (χ2v) is 2.74. The highest BCUT2D eigenvalue weighted by molar-refractivity contribution is 5.41. The van der Waals surface area contributed by atoms with Crippen LogP contribution in [-0.4, -0.2) is 0 Å². The van der Waals surface area contributed by atoms with E-state index < -0.39 is 0 Å². The lowest BCUT2D eigenvalue weighted by Gasteiger charge is -1.93. The largest absolute Gasteiger partial charge is 0.121 e. The third-order valence-electron chi connectivity index (χ3n) is 2.07. The van der Waals surface area contributed by atoms with E-state index in [2.05, 4.69) is 17.9 Å². The molecule has 2 aliphatic rings. The van der Waals surface area contributed by atoms with Gasteiger partial charge in [-0.3, -0.25) is 0 Å². The molecule has 0 radical (unpaired) electrons. The van der Waals surface area contributed by atoms with E-state index >= 15 is 0 Å². The van der Waals surface area contributed by atoms with Crippen LogP contribution in [0.5, 0.6) is 0 Å². The monoisotopic (exact) mass is 160 g/mol. The second kappa shape index (κ2) is 4.79. The van der Waals surface area contributed by atoms with Crippen LogP contribution in [0.25, 0.3) is 0 Å². The highest BCUT2D eigenvalue weighted by Gasteiger charge is 2.11. The van der Waals surface area contributed by atoms with E-state index in [-0.39, 0.29) is 0 Å². The molecular formula is C12H16. The van der Waals surface area contributed by atoms with Gasteiger partial charge >= 0.3 is 0 Å². The van der Waals surface area contributed by atoms with Crippen LogP contribution in [-0.2, 0) is 0 Å². The molecule has 0 spiro atoms. The van der Waals surface area contributed by atoms with E-state index in [1.54, 1.807) is 0 Å². The first kappa shape index (κ1) is 9.09. The summed E-state index contributed by atoms with van der Waals surface area (Å²) in [5.41, 5.74) is 6.10. The molecule has 1 saturated carbocycles. The third kappa shape index (κ3) is 1.99. The molecule has 0 heteroatoms.